The standard InChI is InChI=1S/C11H12BrNO3S/c1-8-4-5-10(9(12)7-8)17(15,16)13-6-2-3-11(13)14/h4-5,7H,2-3,6H2,1H3. The van der Waals surface area contributed by atoms with Gasteiger partial charge in [-0.1, -0.05) is 6.07 Å². The van der Waals surface area contributed by atoms with Gasteiger partial charge in [0.05, 0.1) is 0 Å². The average Bonchev–Trinajstić information content (AvgIpc) is 2.64. The van der Waals surface area contributed by atoms with E-state index in [4.69, 9.17) is 0 Å². The van der Waals surface area contributed by atoms with E-state index in [0.29, 0.717) is 17.3 Å². The molecule has 0 bridgehead atoms. The third-order valence-electron chi connectivity index (χ3n) is 2.69. The monoisotopic (exact) mass is 317 g/mol. The highest BCUT2D eigenvalue weighted by atomic mass is 79.9. The molecular formula is C11H12BrNO3S. The fourth-order valence-corrected chi connectivity index (χ4v) is 4.43. The van der Waals surface area contributed by atoms with Crippen molar-refractivity contribution >= 4 is 31.9 Å². The Balaban J connectivity index is 2.48. The van der Waals surface area contributed by atoms with Crippen molar-refractivity contribution in [3.63, 3.8) is 0 Å². The molecule has 0 aliphatic carbocycles. The van der Waals surface area contributed by atoms with Gasteiger partial charge in [-0.15, -0.1) is 0 Å². The maximum atomic E-state index is 12.3. The summed E-state index contributed by atoms with van der Waals surface area (Å²) in [5.41, 5.74) is 0.962. The van der Waals surface area contributed by atoms with Crippen molar-refractivity contribution in [1.82, 2.24) is 4.31 Å². The van der Waals surface area contributed by atoms with E-state index in [-0.39, 0.29) is 17.3 Å². The van der Waals surface area contributed by atoms with Crippen LogP contribution in [-0.4, -0.2) is 25.2 Å². The molecule has 92 valence electrons. The number of hydrogen-bond acceptors (Lipinski definition) is 3. The van der Waals surface area contributed by atoms with Crippen LogP contribution in [-0.2, 0) is 14.8 Å². The number of amides is 1. The van der Waals surface area contributed by atoms with Crippen LogP contribution in [0.2, 0.25) is 0 Å². The Morgan fingerprint density at radius 3 is 2.59 bits per heavy atom. The summed E-state index contributed by atoms with van der Waals surface area (Å²) in [6, 6.07) is 4.98. The van der Waals surface area contributed by atoms with Gasteiger partial charge in [-0.05, 0) is 47.0 Å². The molecule has 0 unspecified atom stereocenters. The van der Waals surface area contributed by atoms with Gasteiger partial charge < -0.3 is 0 Å². The molecule has 0 atom stereocenters. The molecule has 0 saturated carbocycles. The van der Waals surface area contributed by atoms with E-state index < -0.39 is 10.0 Å². The summed E-state index contributed by atoms with van der Waals surface area (Å²) >= 11 is 3.23. The first-order chi connectivity index (χ1) is 7.93. The first kappa shape index (κ1) is 12.6. The molecule has 0 radical (unpaired) electrons. The van der Waals surface area contributed by atoms with Gasteiger partial charge in [0.15, 0.2) is 0 Å². The quantitative estimate of drug-likeness (QED) is 0.839. The van der Waals surface area contributed by atoms with Crippen LogP contribution in [0.3, 0.4) is 0 Å². The summed E-state index contributed by atoms with van der Waals surface area (Å²) in [6.45, 7) is 2.16. The molecule has 0 N–H and O–H groups in total. The summed E-state index contributed by atoms with van der Waals surface area (Å²) in [5.74, 6) is -0.322. The zero-order valence-electron chi connectivity index (χ0n) is 9.31. The lowest BCUT2D eigenvalue weighted by molar-refractivity contribution is -0.123. The lowest BCUT2D eigenvalue weighted by Crippen LogP contribution is -2.32. The topological polar surface area (TPSA) is 54.5 Å². The highest BCUT2D eigenvalue weighted by molar-refractivity contribution is 9.10. The number of rotatable bonds is 2. The first-order valence-corrected chi connectivity index (χ1v) is 7.48. The number of nitrogens with zero attached hydrogens (tertiary/aromatic N) is 1. The number of aryl methyl sites for hydroxylation is 1. The lowest BCUT2D eigenvalue weighted by atomic mass is 10.2. The zero-order chi connectivity index (χ0) is 12.6. The molecule has 17 heavy (non-hydrogen) atoms. The lowest BCUT2D eigenvalue weighted by Gasteiger charge is -2.17. The van der Waals surface area contributed by atoms with Crippen molar-refractivity contribution in [2.75, 3.05) is 6.54 Å². The van der Waals surface area contributed by atoms with Crippen molar-refractivity contribution in [1.29, 1.82) is 0 Å². The molecule has 1 aliphatic rings. The number of sulfonamides is 1. The molecule has 1 amide bonds. The second-order valence-electron chi connectivity index (χ2n) is 4.01. The summed E-state index contributed by atoms with van der Waals surface area (Å²) in [4.78, 5) is 11.7. The van der Waals surface area contributed by atoms with E-state index in [9.17, 15) is 13.2 Å². The van der Waals surface area contributed by atoms with Gasteiger partial charge >= 0.3 is 0 Å². The maximum absolute atomic E-state index is 12.3. The van der Waals surface area contributed by atoms with Crippen LogP contribution in [0.5, 0.6) is 0 Å². The molecule has 4 nitrogen and oxygen atoms in total. The molecule has 0 aromatic heterocycles. The summed E-state index contributed by atoms with van der Waals surface area (Å²) in [6.07, 6.45) is 0.907. The van der Waals surface area contributed by atoms with Crippen molar-refractivity contribution in [3.8, 4) is 0 Å². The van der Waals surface area contributed by atoms with Crippen molar-refractivity contribution < 1.29 is 13.2 Å². The molecule has 1 heterocycles. The molecule has 1 aromatic rings. The molecule has 1 saturated heterocycles. The van der Waals surface area contributed by atoms with Crippen LogP contribution in [0.4, 0.5) is 0 Å². The van der Waals surface area contributed by atoms with Gasteiger partial charge in [0, 0.05) is 17.4 Å². The van der Waals surface area contributed by atoms with Gasteiger partial charge in [-0.25, -0.2) is 12.7 Å². The number of hydrogen-bond donors (Lipinski definition) is 0. The second-order valence-corrected chi connectivity index (χ2v) is 6.69. The summed E-state index contributed by atoms with van der Waals surface area (Å²) in [5, 5.41) is 0. The molecule has 2 rings (SSSR count). The first-order valence-electron chi connectivity index (χ1n) is 5.24. The van der Waals surface area contributed by atoms with Crippen LogP contribution in [0.25, 0.3) is 0 Å². The minimum Gasteiger partial charge on any atom is -0.274 e. The van der Waals surface area contributed by atoms with Crippen molar-refractivity contribution in [3.05, 3.63) is 28.2 Å². The Morgan fingerprint density at radius 2 is 2.06 bits per heavy atom. The third kappa shape index (κ3) is 2.24. The summed E-state index contributed by atoms with van der Waals surface area (Å²) in [7, 11) is -3.70. The third-order valence-corrected chi connectivity index (χ3v) is 5.48. The SMILES string of the molecule is Cc1ccc(S(=O)(=O)N2CCCC2=O)c(Br)c1. The Labute approximate surface area is 109 Å². The van der Waals surface area contributed by atoms with Gasteiger partial charge in [0.25, 0.3) is 10.0 Å². The van der Waals surface area contributed by atoms with E-state index >= 15 is 0 Å². The fourth-order valence-electron chi connectivity index (χ4n) is 1.81. The van der Waals surface area contributed by atoms with Gasteiger partial charge in [0.2, 0.25) is 5.91 Å². The number of benzene rings is 1. The van der Waals surface area contributed by atoms with E-state index in [2.05, 4.69) is 15.9 Å². The molecular weight excluding hydrogens is 306 g/mol. The molecule has 0 spiro atoms. The van der Waals surface area contributed by atoms with E-state index in [1.165, 1.54) is 6.07 Å². The van der Waals surface area contributed by atoms with E-state index in [0.717, 1.165) is 9.87 Å². The number of carbonyl (C=O) groups excluding carboxylic acids is 1. The largest absolute Gasteiger partial charge is 0.274 e. The normalized spacial score (nSPS) is 16.6. The maximum Gasteiger partial charge on any atom is 0.267 e. The van der Waals surface area contributed by atoms with Crippen molar-refractivity contribution in [2.24, 2.45) is 0 Å². The van der Waals surface area contributed by atoms with Crippen LogP contribution >= 0.6 is 15.9 Å². The van der Waals surface area contributed by atoms with E-state index in [1.54, 1.807) is 12.1 Å². The Morgan fingerprint density at radius 1 is 1.35 bits per heavy atom. The van der Waals surface area contributed by atoms with Crippen molar-refractivity contribution in [2.45, 2.75) is 24.7 Å². The smallest absolute Gasteiger partial charge is 0.267 e. The summed E-state index contributed by atoms with van der Waals surface area (Å²) < 4.78 is 26.0. The van der Waals surface area contributed by atoms with Gasteiger partial charge in [-0.3, -0.25) is 4.79 Å². The van der Waals surface area contributed by atoms with Gasteiger partial charge in [0.1, 0.15) is 4.90 Å². The van der Waals surface area contributed by atoms with E-state index in [1.807, 2.05) is 6.92 Å². The highest BCUT2D eigenvalue weighted by Crippen LogP contribution is 2.28. The van der Waals surface area contributed by atoms with Crippen LogP contribution in [0, 0.1) is 6.92 Å². The van der Waals surface area contributed by atoms with Gasteiger partial charge in [-0.2, -0.15) is 0 Å². The Bertz CT molecular complexity index is 568. The van der Waals surface area contributed by atoms with Crippen LogP contribution in [0.1, 0.15) is 18.4 Å². The molecule has 1 aromatic carbocycles. The average molecular weight is 318 g/mol. The minimum absolute atomic E-state index is 0.151. The predicted molar refractivity (Wildman–Crippen MR) is 67.0 cm³/mol. The Hall–Kier alpha value is -0.880. The molecule has 1 aliphatic heterocycles. The van der Waals surface area contributed by atoms with Crippen LogP contribution < -0.4 is 0 Å². The highest BCUT2D eigenvalue weighted by Gasteiger charge is 2.33. The second kappa shape index (κ2) is 4.42. The fraction of sp³-hybridized carbons (Fsp3) is 0.364. The number of halogens is 1. The predicted octanol–water partition coefficient (Wildman–Crippen LogP) is 2.07. The molecule has 6 heteroatoms. The zero-order valence-corrected chi connectivity index (χ0v) is 11.7. The minimum atomic E-state index is -3.70. The Kier molecular flexibility index (Phi) is 3.27. The molecule has 1 fully saturated rings. The number of carbonyl (C=O) groups is 1. The van der Waals surface area contributed by atoms with Crippen LogP contribution in [0.15, 0.2) is 27.6 Å².